The van der Waals surface area contributed by atoms with E-state index < -0.39 is 7.83 Å². The summed E-state index contributed by atoms with van der Waals surface area (Å²) in [6.45, 7) is 4.37. The normalized spacial score (nSPS) is 18.7. The van der Waals surface area contributed by atoms with Gasteiger partial charge in [0.05, 0.1) is 0 Å². The summed E-state index contributed by atoms with van der Waals surface area (Å²) in [7, 11) is -1.29. The van der Waals surface area contributed by atoms with Gasteiger partial charge in [-0.2, -0.15) is 0 Å². The molecule has 1 unspecified atom stereocenters. The Kier molecular flexibility index (Phi) is 3.99. The van der Waals surface area contributed by atoms with Crippen LogP contribution in [0.5, 0.6) is 0 Å². The zero-order valence-electron chi connectivity index (χ0n) is 12.2. The molecule has 1 aliphatic heterocycles. The van der Waals surface area contributed by atoms with E-state index in [9.17, 15) is 0 Å². The Morgan fingerprint density at radius 2 is 1.43 bits per heavy atom. The number of benzene rings is 2. The maximum absolute atomic E-state index is 5.96. The van der Waals surface area contributed by atoms with E-state index in [2.05, 4.69) is 77.6 Å². The van der Waals surface area contributed by atoms with E-state index in [0.29, 0.717) is 6.04 Å². The SMILES string of the molecule is CC1=CC(C)N(c2ccccc2)[Si](=S)N1c1ccccc1. The minimum atomic E-state index is -1.29. The molecule has 0 spiro atoms. The second-order valence-electron chi connectivity index (χ2n) is 5.21. The molecule has 0 fully saturated rings. The van der Waals surface area contributed by atoms with E-state index in [1.165, 1.54) is 17.1 Å². The van der Waals surface area contributed by atoms with Crippen LogP contribution in [0.1, 0.15) is 13.8 Å². The molecule has 1 aliphatic rings. The molecule has 0 aliphatic carbocycles. The van der Waals surface area contributed by atoms with E-state index in [1.807, 2.05) is 12.1 Å². The summed E-state index contributed by atoms with van der Waals surface area (Å²) in [5, 5.41) is 0. The third-order valence-electron chi connectivity index (χ3n) is 3.69. The molecule has 1 heterocycles. The lowest BCUT2D eigenvalue weighted by molar-refractivity contribution is 0.863. The van der Waals surface area contributed by atoms with Crippen LogP contribution in [0.4, 0.5) is 11.4 Å². The van der Waals surface area contributed by atoms with Gasteiger partial charge >= 0.3 is 7.83 Å². The maximum atomic E-state index is 5.96. The summed E-state index contributed by atoms with van der Waals surface area (Å²) in [5.74, 6) is 0. The van der Waals surface area contributed by atoms with Crippen LogP contribution in [-0.4, -0.2) is 13.9 Å². The van der Waals surface area contributed by atoms with Crippen LogP contribution in [0.25, 0.3) is 0 Å². The quantitative estimate of drug-likeness (QED) is 0.755. The van der Waals surface area contributed by atoms with Crippen molar-refractivity contribution in [3.05, 3.63) is 72.4 Å². The summed E-state index contributed by atoms with van der Waals surface area (Å²) in [4.78, 5) is 0. The fourth-order valence-electron chi connectivity index (χ4n) is 2.76. The van der Waals surface area contributed by atoms with Gasteiger partial charge in [0.25, 0.3) is 0 Å². The topological polar surface area (TPSA) is 6.48 Å². The molecule has 2 aromatic rings. The number of hydrogen-bond donors (Lipinski definition) is 0. The van der Waals surface area contributed by atoms with Gasteiger partial charge in [0.15, 0.2) is 0 Å². The average Bonchev–Trinajstić information content (AvgIpc) is 2.49. The van der Waals surface area contributed by atoms with Crippen LogP contribution in [0, 0.1) is 0 Å². The number of anilines is 2. The van der Waals surface area contributed by atoms with Crippen LogP contribution in [-0.2, 0) is 0 Å². The lowest BCUT2D eigenvalue weighted by atomic mass is 10.2. The molecule has 0 N–H and O–H groups in total. The summed E-state index contributed by atoms with van der Waals surface area (Å²) in [6, 6.07) is 21.3. The van der Waals surface area contributed by atoms with Crippen molar-refractivity contribution in [1.29, 1.82) is 0 Å². The molecule has 0 bridgehead atoms. The molecule has 0 saturated carbocycles. The Hall–Kier alpha value is -1.78. The molecule has 0 saturated heterocycles. The Morgan fingerprint density at radius 3 is 2.00 bits per heavy atom. The fraction of sp³-hybridized carbons (Fsp3) is 0.176. The van der Waals surface area contributed by atoms with E-state index in [-0.39, 0.29) is 0 Å². The predicted octanol–water partition coefficient (Wildman–Crippen LogP) is 4.49. The first kappa shape index (κ1) is 14.2. The molecule has 0 radical (unpaired) electrons. The molecule has 4 heteroatoms. The molecule has 106 valence electrons. The average molecular weight is 310 g/mol. The van der Waals surface area contributed by atoms with Crippen molar-refractivity contribution in [2.24, 2.45) is 0 Å². The Morgan fingerprint density at radius 1 is 0.905 bits per heavy atom. The second kappa shape index (κ2) is 5.91. The second-order valence-corrected chi connectivity index (χ2v) is 7.80. The molecule has 3 rings (SSSR count). The predicted molar refractivity (Wildman–Crippen MR) is 94.4 cm³/mol. The third-order valence-corrected chi connectivity index (χ3v) is 6.90. The molecule has 1 atom stereocenters. The van der Waals surface area contributed by atoms with Gasteiger partial charge in [0.1, 0.15) is 0 Å². The third kappa shape index (κ3) is 2.69. The van der Waals surface area contributed by atoms with E-state index in [1.54, 1.807) is 0 Å². The minimum Gasteiger partial charge on any atom is -0.347 e. The number of hydrogen-bond acceptors (Lipinski definition) is 1. The summed E-state index contributed by atoms with van der Waals surface area (Å²) < 4.78 is 4.69. The first-order chi connectivity index (χ1) is 10.2. The van der Waals surface area contributed by atoms with Gasteiger partial charge in [-0.25, -0.2) is 0 Å². The molecule has 0 aromatic heterocycles. The van der Waals surface area contributed by atoms with E-state index in [4.69, 9.17) is 11.6 Å². The molecule has 2 nitrogen and oxygen atoms in total. The highest BCUT2D eigenvalue weighted by molar-refractivity contribution is 7.89. The van der Waals surface area contributed by atoms with Gasteiger partial charge in [-0.3, -0.25) is 0 Å². The van der Waals surface area contributed by atoms with Crippen molar-refractivity contribution < 1.29 is 0 Å². The Labute approximate surface area is 132 Å². The summed E-state index contributed by atoms with van der Waals surface area (Å²) >= 11 is 5.96. The van der Waals surface area contributed by atoms with Crippen LogP contribution < -0.4 is 9.13 Å². The van der Waals surface area contributed by atoms with Gasteiger partial charge in [0.2, 0.25) is 0 Å². The minimum absolute atomic E-state index is 0.332. The van der Waals surface area contributed by atoms with Crippen molar-refractivity contribution >= 4 is 30.8 Å². The number of allylic oxidation sites excluding steroid dienone is 1. The smallest absolute Gasteiger partial charge is 0.344 e. The van der Waals surface area contributed by atoms with E-state index >= 15 is 0 Å². The lowest BCUT2D eigenvalue weighted by Gasteiger charge is -2.41. The first-order valence-electron chi connectivity index (χ1n) is 7.10. The van der Waals surface area contributed by atoms with Crippen molar-refractivity contribution in [2.45, 2.75) is 19.9 Å². The summed E-state index contributed by atoms with van der Waals surface area (Å²) in [6.07, 6.45) is 2.29. The molecule has 2 aromatic carbocycles. The van der Waals surface area contributed by atoms with Gasteiger partial charge < -0.3 is 9.13 Å². The number of para-hydroxylation sites is 2. The Bertz CT molecular complexity index is 670. The van der Waals surface area contributed by atoms with Gasteiger partial charge in [0, 0.05) is 23.1 Å². The highest BCUT2D eigenvalue weighted by atomic mass is 32.2. The van der Waals surface area contributed by atoms with Crippen molar-refractivity contribution in [3.8, 4) is 0 Å². The van der Waals surface area contributed by atoms with Crippen molar-refractivity contribution in [3.63, 3.8) is 0 Å². The zero-order chi connectivity index (χ0) is 14.8. The van der Waals surface area contributed by atoms with Crippen LogP contribution in [0.15, 0.2) is 72.4 Å². The zero-order valence-corrected chi connectivity index (χ0v) is 14.0. The fourth-order valence-corrected chi connectivity index (χ4v) is 6.07. The monoisotopic (exact) mass is 310 g/mol. The molecular formula is C17H18N2SSi. The molecular weight excluding hydrogens is 292 g/mol. The number of rotatable bonds is 2. The summed E-state index contributed by atoms with van der Waals surface area (Å²) in [5.41, 5.74) is 3.64. The number of nitrogens with zero attached hydrogens (tertiary/aromatic N) is 2. The van der Waals surface area contributed by atoms with Gasteiger partial charge in [-0.15, -0.1) is 0 Å². The van der Waals surface area contributed by atoms with E-state index in [0.717, 1.165) is 0 Å². The standard InChI is InChI=1S/C17H18N2SSi/c1-14-13-15(2)19(17-11-7-4-8-12-17)21(20)18(14)16-9-5-3-6-10-16/h3-14H,1-2H3. The van der Waals surface area contributed by atoms with Crippen molar-refractivity contribution in [1.82, 2.24) is 0 Å². The van der Waals surface area contributed by atoms with Crippen LogP contribution >= 0.6 is 11.6 Å². The molecule has 21 heavy (non-hydrogen) atoms. The van der Waals surface area contributed by atoms with Crippen LogP contribution in [0.3, 0.4) is 0 Å². The van der Waals surface area contributed by atoms with Gasteiger partial charge in [-0.05, 0) is 44.2 Å². The van der Waals surface area contributed by atoms with Crippen molar-refractivity contribution in [2.75, 3.05) is 9.13 Å². The largest absolute Gasteiger partial charge is 0.347 e. The Balaban J connectivity index is 2.04. The molecule has 0 amide bonds. The highest BCUT2D eigenvalue weighted by Crippen LogP contribution is 2.29. The highest BCUT2D eigenvalue weighted by Gasteiger charge is 2.30. The lowest BCUT2D eigenvalue weighted by Crippen LogP contribution is -2.52. The maximum Gasteiger partial charge on any atom is 0.344 e. The van der Waals surface area contributed by atoms with Gasteiger partial charge in [-0.1, -0.05) is 48.0 Å². The van der Waals surface area contributed by atoms with Crippen LogP contribution in [0.2, 0.25) is 0 Å². The first-order valence-corrected chi connectivity index (χ1v) is 9.63.